The third kappa shape index (κ3) is 3.31. The van der Waals surface area contributed by atoms with Crippen molar-refractivity contribution in [1.29, 1.82) is 0 Å². The number of rotatable bonds is 4. The van der Waals surface area contributed by atoms with Gasteiger partial charge in [0.1, 0.15) is 11.6 Å². The Morgan fingerprint density at radius 1 is 1.37 bits per heavy atom. The number of likely N-dealkylation sites (tertiary alicyclic amines) is 1. The van der Waals surface area contributed by atoms with Crippen LogP contribution in [0.25, 0.3) is 0 Å². The van der Waals surface area contributed by atoms with Crippen LogP contribution >= 0.6 is 0 Å². The van der Waals surface area contributed by atoms with Gasteiger partial charge in [-0.25, -0.2) is 8.78 Å². The molecule has 0 radical (unpaired) electrons. The van der Waals surface area contributed by atoms with Crippen LogP contribution in [0.1, 0.15) is 31.4 Å². The number of nitrogens with zero attached hydrogens (tertiary/aromatic N) is 1. The van der Waals surface area contributed by atoms with Gasteiger partial charge in [-0.15, -0.1) is 0 Å². The van der Waals surface area contributed by atoms with E-state index in [1.807, 2.05) is 14.0 Å². The van der Waals surface area contributed by atoms with Crippen LogP contribution in [0.4, 0.5) is 8.78 Å². The van der Waals surface area contributed by atoms with E-state index in [1.54, 1.807) is 0 Å². The fraction of sp³-hybridized carbons (Fsp3) is 0.600. The third-order valence-electron chi connectivity index (χ3n) is 4.01. The molecule has 0 saturated carbocycles. The van der Waals surface area contributed by atoms with Crippen molar-refractivity contribution in [3.8, 4) is 0 Å². The molecule has 2 rings (SSSR count). The first-order chi connectivity index (χ1) is 9.13. The minimum absolute atomic E-state index is 0.201. The van der Waals surface area contributed by atoms with Gasteiger partial charge in [0.15, 0.2) is 0 Å². The van der Waals surface area contributed by atoms with Crippen LogP contribution in [0.15, 0.2) is 18.2 Å². The Morgan fingerprint density at radius 2 is 2.05 bits per heavy atom. The van der Waals surface area contributed by atoms with E-state index in [-0.39, 0.29) is 11.6 Å². The summed E-state index contributed by atoms with van der Waals surface area (Å²) in [4.78, 5) is 2.19. The van der Waals surface area contributed by atoms with E-state index in [0.29, 0.717) is 5.92 Å². The van der Waals surface area contributed by atoms with E-state index < -0.39 is 11.6 Å². The summed E-state index contributed by atoms with van der Waals surface area (Å²) in [5, 5.41) is 3.18. The zero-order valence-electron chi connectivity index (χ0n) is 11.6. The van der Waals surface area contributed by atoms with Crippen LogP contribution in [-0.2, 0) is 0 Å². The number of halogens is 2. The van der Waals surface area contributed by atoms with E-state index in [1.165, 1.54) is 24.6 Å². The molecule has 0 aliphatic carbocycles. The highest BCUT2D eigenvalue weighted by Gasteiger charge is 2.27. The van der Waals surface area contributed by atoms with Crippen LogP contribution in [0.3, 0.4) is 0 Å². The summed E-state index contributed by atoms with van der Waals surface area (Å²) in [7, 11) is 1.94. The van der Waals surface area contributed by atoms with Crippen LogP contribution in [0.5, 0.6) is 0 Å². The van der Waals surface area contributed by atoms with Crippen molar-refractivity contribution in [2.75, 3.05) is 26.7 Å². The van der Waals surface area contributed by atoms with Crippen molar-refractivity contribution < 1.29 is 8.78 Å². The molecule has 0 aromatic heterocycles. The smallest absolute Gasteiger partial charge is 0.130 e. The number of hydrogen-bond acceptors (Lipinski definition) is 2. The first kappa shape index (κ1) is 14.4. The molecule has 0 spiro atoms. The molecule has 1 aromatic rings. The Bertz CT molecular complexity index is 400. The Balaban J connectivity index is 2.12. The summed E-state index contributed by atoms with van der Waals surface area (Å²) < 4.78 is 27.6. The number of nitrogens with one attached hydrogen (secondary N) is 1. The summed E-state index contributed by atoms with van der Waals surface area (Å²) >= 11 is 0. The lowest BCUT2D eigenvalue weighted by atomic mass is 9.95. The van der Waals surface area contributed by atoms with Crippen LogP contribution in [0, 0.1) is 17.6 Å². The maximum absolute atomic E-state index is 13.8. The van der Waals surface area contributed by atoms with Gasteiger partial charge in [0.05, 0.1) is 0 Å². The molecule has 1 fully saturated rings. The molecule has 2 atom stereocenters. The van der Waals surface area contributed by atoms with Crippen molar-refractivity contribution in [3.05, 3.63) is 35.4 Å². The van der Waals surface area contributed by atoms with Gasteiger partial charge in [-0.3, -0.25) is 4.90 Å². The van der Waals surface area contributed by atoms with Gasteiger partial charge >= 0.3 is 0 Å². The fourth-order valence-electron chi connectivity index (χ4n) is 3.00. The van der Waals surface area contributed by atoms with Gasteiger partial charge in [-0.2, -0.15) is 0 Å². The van der Waals surface area contributed by atoms with E-state index in [0.717, 1.165) is 26.1 Å². The maximum Gasteiger partial charge on any atom is 0.130 e. The summed E-state index contributed by atoms with van der Waals surface area (Å²) in [6, 6.07) is 3.88. The monoisotopic (exact) mass is 268 g/mol. The van der Waals surface area contributed by atoms with Gasteiger partial charge in [0.25, 0.3) is 0 Å². The van der Waals surface area contributed by atoms with Crippen molar-refractivity contribution in [1.82, 2.24) is 10.2 Å². The average molecular weight is 268 g/mol. The van der Waals surface area contributed by atoms with Crippen LogP contribution in [0.2, 0.25) is 0 Å². The molecule has 2 unspecified atom stereocenters. The fourth-order valence-corrected chi connectivity index (χ4v) is 3.00. The molecule has 19 heavy (non-hydrogen) atoms. The topological polar surface area (TPSA) is 15.3 Å². The molecule has 106 valence electrons. The lowest BCUT2D eigenvalue weighted by Crippen LogP contribution is -2.40. The highest BCUT2D eigenvalue weighted by Crippen LogP contribution is 2.29. The molecule has 1 heterocycles. The molecule has 1 N–H and O–H groups in total. The van der Waals surface area contributed by atoms with Gasteiger partial charge in [-0.1, -0.05) is 6.07 Å². The molecular formula is C15H22F2N2. The predicted octanol–water partition coefficient (Wildman–Crippen LogP) is 2.96. The Morgan fingerprint density at radius 3 is 2.68 bits per heavy atom. The summed E-state index contributed by atoms with van der Waals surface area (Å²) in [5.74, 6) is -0.317. The maximum atomic E-state index is 13.8. The average Bonchev–Trinajstić information content (AvgIpc) is 2.39. The zero-order chi connectivity index (χ0) is 13.8. The molecule has 1 saturated heterocycles. The van der Waals surface area contributed by atoms with Crippen LogP contribution < -0.4 is 5.32 Å². The minimum Gasteiger partial charge on any atom is -0.319 e. The Kier molecular flexibility index (Phi) is 4.88. The first-order valence-corrected chi connectivity index (χ1v) is 6.96. The first-order valence-electron chi connectivity index (χ1n) is 6.96. The SMILES string of the molecule is CNCC1CCCN(C(C)c2c(F)cccc2F)C1. The van der Waals surface area contributed by atoms with Gasteiger partial charge < -0.3 is 5.32 Å². The summed E-state index contributed by atoms with van der Waals surface area (Å²) in [6.45, 7) is 4.66. The van der Waals surface area contributed by atoms with E-state index in [9.17, 15) is 8.78 Å². The Hall–Kier alpha value is -1.00. The van der Waals surface area contributed by atoms with Crippen LogP contribution in [-0.4, -0.2) is 31.6 Å². The van der Waals surface area contributed by atoms with E-state index >= 15 is 0 Å². The Labute approximate surface area is 113 Å². The molecule has 4 heteroatoms. The van der Waals surface area contributed by atoms with Gasteiger partial charge in [0.2, 0.25) is 0 Å². The number of benzene rings is 1. The van der Waals surface area contributed by atoms with Crippen molar-refractivity contribution in [2.45, 2.75) is 25.8 Å². The molecular weight excluding hydrogens is 246 g/mol. The second-order valence-corrected chi connectivity index (χ2v) is 5.37. The van der Waals surface area contributed by atoms with Gasteiger partial charge in [-0.05, 0) is 58.0 Å². The highest BCUT2D eigenvalue weighted by atomic mass is 19.1. The largest absolute Gasteiger partial charge is 0.319 e. The van der Waals surface area contributed by atoms with Crippen molar-refractivity contribution in [3.63, 3.8) is 0 Å². The van der Waals surface area contributed by atoms with Crippen molar-refractivity contribution in [2.24, 2.45) is 5.92 Å². The lowest BCUT2D eigenvalue weighted by molar-refractivity contribution is 0.127. The summed E-state index contributed by atoms with van der Waals surface area (Å²) in [6.07, 6.45) is 2.27. The zero-order valence-corrected chi connectivity index (χ0v) is 11.6. The second-order valence-electron chi connectivity index (χ2n) is 5.37. The van der Waals surface area contributed by atoms with E-state index in [4.69, 9.17) is 0 Å². The summed E-state index contributed by atoms with van der Waals surface area (Å²) in [5.41, 5.74) is 0.201. The second kappa shape index (κ2) is 6.44. The van der Waals surface area contributed by atoms with Gasteiger partial charge in [0, 0.05) is 18.2 Å². The quantitative estimate of drug-likeness (QED) is 0.903. The van der Waals surface area contributed by atoms with E-state index in [2.05, 4.69) is 10.2 Å². The molecule has 1 aliphatic rings. The highest BCUT2D eigenvalue weighted by molar-refractivity contribution is 5.23. The normalized spacial score (nSPS) is 22.4. The number of hydrogen-bond donors (Lipinski definition) is 1. The molecule has 1 aliphatic heterocycles. The lowest BCUT2D eigenvalue weighted by Gasteiger charge is -2.37. The minimum atomic E-state index is -0.441. The predicted molar refractivity (Wildman–Crippen MR) is 73.0 cm³/mol. The molecule has 0 amide bonds. The third-order valence-corrected chi connectivity index (χ3v) is 4.01. The van der Waals surface area contributed by atoms with Crippen molar-refractivity contribution >= 4 is 0 Å². The molecule has 2 nitrogen and oxygen atoms in total. The number of piperidine rings is 1. The standard InChI is InChI=1S/C15H22F2N2/c1-11(15-13(16)6-3-7-14(15)17)19-8-4-5-12(10-19)9-18-2/h3,6-7,11-12,18H,4-5,8-10H2,1-2H3. The molecule has 0 bridgehead atoms. The molecule has 1 aromatic carbocycles.